The number of hydrogen-bond donors (Lipinski definition) is 0. The van der Waals surface area contributed by atoms with Crippen molar-refractivity contribution in [3.05, 3.63) is 48.0 Å². The number of alkyl halides is 2. The van der Waals surface area contributed by atoms with Crippen LogP contribution in [0, 0.1) is 0 Å². The summed E-state index contributed by atoms with van der Waals surface area (Å²) in [6.45, 7) is 0. The molecule has 2 rings (SSSR count). The van der Waals surface area contributed by atoms with Crippen molar-refractivity contribution in [1.29, 1.82) is 0 Å². The van der Waals surface area contributed by atoms with E-state index in [-0.39, 0.29) is 0 Å². The van der Waals surface area contributed by atoms with Crippen molar-refractivity contribution in [2.75, 3.05) is 0 Å². The van der Waals surface area contributed by atoms with E-state index in [2.05, 4.69) is 0 Å². The van der Waals surface area contributed by atoms with Crippen molar-refractivity contribution >= 4 is 34.0 Å². The van der Waals surface area contributed by atoms with Crippen LogP contribution in [-0.4, -0.2) is 0 Å². The standard InChI is InChI=1S/C11H7Cl2O/c12-11(13,14)10-7-3-5-8-4-1-2-6-9(8)10/h1-7H. The van der Waals surface area contributed by atoms with Crippen LogP contribution in [-0.2, 0) is 9.63 Å². The van der Waals surface area contributed by atoms with Gasteiger partial charge in [0.25, 0.3) is 4.52 Å². The Labute approximate surface area is 91.9 Å². The highest BCUT2D eigenvalue weighted by Crippen LogP contribution is 2.35. The lowest BCUT2D eigenvalue weighted by molar-refractivity contribution is 0.122. The number of benzene rings is 2. The fraction of sp³-hybridized carbons (Fsp3) is 0.0909. The molecule has 0 saturated carbocycles. The van der Waals surface area contributed by atoms with E-state index >= 15 is 0 Å². The minimum absolute atomic E-state index is 0.402. The second-order valence-electron chi connectivity index (χ2n) is 3.04. The summed E-state index contributed by atoms with van der Waals surface area (Å²) in [5, 5.41) is 13.2. The predicted octanol–water partition coefficient (Wildman–Crippen LogP) is 3.86. The van der Waals surface area contributed by atoms with Crippen molar-refractivity contribution < 1.29 is 5.11 Å². The van der Waals surface area contributed by atoms with Crippen LogP contribution in [0.3, 0.4) is 0 Å². The minimum atomic E-state index is -2.08. The Morgan fingerprint density at radius 1 is 0.929 bits per heavy atom. The van der Waals surface area contributed by atoms with E-state index in [1.807, 2.05) is 30.3 Å². The molecular formula is C11H7Cl2O. The second-order valence-corrected chi connectivity index (χ2v) is 4.30. The molecule has 0 bridgehead atoms. The molecule has 0 atom stereocenters. The number of halogens is 2. The van der Waals surface area contributed by atoms with Gasteiger partial charge in [-0.3, -0.25) is 0 Å². The molecule has 2 aromatic rings. The van der Waals surface area contributed by atoms with Gasteiger partial charge in [0.05, 0.1) is 0 Å². The van der Waals surface area contributed by atoms with Gasteiger partial charge in [0, 0.05) is 5.56 Å². The van der Waals surface area contributed by atoms with Gasteiger partial charge in [-0.25, -0.2) is 0 Å². The Morgan fingerprint density at radius 3 is 2.29 bits per heavy atom. The van der Waals surface area contributed by atoms with Crippen LogP contribution in [0.5, 0.6) is 0 Å². The van der Waals surface area contributed by atoms with Crippen molar-refractivity contribution in [3.63, 3.8) is 0 Å². The van der Waals surface area contributed by atoms with Crippen LogP contribution >= 0.6 is 23.2 Å². The van der Waals surface area contributed by atoms with Gasteiger partial charge in [-0.05, 0) is 10.8 Å². The Kier molecular flexibility index (Phi) is 2.40. The lowest BCUT2D eigenvalue weighted by Gasteiger charge is -2.12. The summed E-state index contributed by atoms with van der Waals surface area (Å²) in [5.74, 6) is 0. The van der Waals surface area contributed by atoms with Gasteiger partial charge in [-0.2, -0.15) is 5.11 Å². The van der Waals surface area contributed by atoms with Gasteiger partial charge in [0.15, 0.2) is 0 Å². The van der Waals surface area contributed by atoms with E-state index in [9.17, 15) is 5.11 Å². The lowest BCUT2D eigenvalue weighted by Crippen LogP contribution is -2.06. The van der Waals surface area contributed by atoms with Crippen LogP contribution in [0.4, 0.5) is 0 Å². The third-order valence-corrected chi connectivity index (χ3v) is 2.51. The van der Waals surface area contributed by atoms with Gasteiger partial charge in [0.2, 0.25) is 0 Å². The zero-order valence-electron chi connectivity index (χ0n) is 7.21. The molecule has 0 spiro atoms. The maximum Gasteiger partial charge on any atom is 0.276 e. The molecule has 71 valence electrons. The number of hydrogen-bond acceptors (Lipinski definition) is 0. The molecule has 0 unspecified atom stereocenters. The molecule has 14 heavy (non-hydrogen) atoms. The summed E-state index contributed by atoms with van der Waals surface area (Å²) in [4.78, 5) is 0. The smallest absolute Gasteiger partial charge is 0.188 e. The van der Waals surface area contributed by atoms with Crippen molar-refractivity contribution in [3.8, 4) is 0 Å². The fourth-order valence-corrected chi connectivity index (χ4v) is 1.81. The van der Waals surface area contributed by atoms with E-state index in [1.165, 1.54) is 0 Å². The van der Waals surface area contributed by atoms with Crippen molar-refractivity contribution in [2.24, 2.45) is 0 Å². The second kappa shape index (κ2) is 3.43. The molecular weight excluding hydrogens is 219 g/mol. The van der Waals surface area contributed by atoms with Crippen LogP contribution < -0.4 is 0 Å². The van der Waals surface area contributed by atoms with Crippen LogP contribution in [0.15, 0.2) is 42.5 Å². The van der Waals surface area contributed by atoms with Crippen molar-refractivity contribution in [1.82, 2.24) is 0 Å². The van der Waals surface area contributed by atoms with E-state index < -0.39 is 4.52 Å². The summed E-state index contributed by atoms with van der Waals surface area (Å²) in [5.41, 5.74) is 0.402. The number of fused-ring (bicyclic) bond motifs is 1. The molecule has 0 heterocycles. The lowest BCUT2D eigenvalue weighted by atomic mass is 10.1. The predicted molar refractivity (Wildman–Crippen MR) is 58.0 cm³/mol. The number of rotatable bonds is 1. The zero-order chi connectivity index (χ0) is 10.2. The van der Waals surface area contributed by atoms with Gasteiger partial charge >= 0.3 is 0 Å². The first-order valence-electron chi connectivity index (χ1n) is 4.15. The SMILES string of the molecule is [O]C(Cl)(Cl)c1cccc2ccccc12. The van der Waals surface area contributed by atoms with Crippen molar-refractivity contribution in [2.45, 2.75) is 4.52 Å². The van der Waals surface area contributed by atoms with E-state index in [1.54, 1.807) is 12.1 Å². The Morgan fingerprint density at radius 2 is 1.57 bits per heavy atom. The molecule has 0 aliphatic heterocycles. The van der Waals surface area contributed by atoms with Crippen LogP contribution in [0.2, 0.25) is 0 Å². The Balaban J connectivity index is 2.78. The van der Waals surface area contributed by atoms with Crippen LogP contribution in [0.25, 0.3) is 10.8 Å². The van der Waals surface area contributed by atoms with Gasteiger partial charge in [-0.15, -0.1) is 0 Å². The first-order valence-corrected chi connectivity index (χ1v) is 4.91. The zero-order valence-corrected chi connectivity index (χ0v) is 8.72. The van der Waals surface area contributed by atoms with Gasteiger partial charge in [0.1, 0.15) is 0 Å². The molecule has 1 nitrogen and oxygen atoms in total. The molecule has 3 heteroatoms. The highest BCUT2D eigenvalue weighted by molar-refractivity contribution is 6.47. The largest absolute Gasteiger partial charge is 0.276 e. The summed E-state index contributed by atoms with van der Waals surface area (Å²) in [7, 11) is 0. The highest BCUT2D eigenvalue weighted by Gasteiger charge is 2.26. The Hall–Kier alpha value is -0.760. The summed E-state index contributed by atoms with van der Waals surface area (Å²) in [6.07, 6.45) is 0. The fourth-order valence-electron chi connectivity index (χ4n) is 1.48. The molecule has 0 aromatic heterocycles. The van der Waals surface area contributed by atoms with E-state index in [0.717, 1.165) is 10.8 Å². The average molecular weight is 226 g/mol. The molecule has 0 amide bonds. The van der Waals surface area contributed by atoms with Gasteiger partial charge in [-0.1, -0.05) is 65.7 Å². The van der Waals surface area contributed by atoms with Gasteiger partial charge < -0.3 is 0 Å². The quantitative estimate of drug-likeness (QED) is 0.658. The summed E-state index contributed by atoms with van der Waals surface area (Å²) >= 11 is 11.1. The normalized spacial score (nSPS) is 11.9. The first-order chi connectivity index (χ1) is 6.59. The first kappa shape index (κ1) is 9.78. The Bertz CT molecular complexity index is 455. The average Bonchev–Trinajstić information content (AvgIpc) is 2.15. The molecule has 0 aliphatic rings. The molecule has 0 saturated heterocycles. The topological polar surface area (TPSA) is 19.9 Å². The third-order valence-electron chi connectivity index (χ3n) is 2.10. The molecule has 0 fully saturated rings. The maximum absolute atomic E-state index is 11.4. The molecule has 0 N–H and O–H groups in total. The summed E-state index contributed by atoms with van der Waals surface area (Å²) in [6, 6.07) is 12.8. The monoisotopic (exact) mass is 225 g/mol. The molecule has 1 radical (unpaired) electrons. The van der Waals surface area contributed by atoms with Crippen LogP contribution in [0.1, 0.15) is 5.56 Å². The van der Waals surface area contributed by atoms with E-state index in [0.29, 0.717) is 5.56 Å². The molecule has 0 aliphatic carbocycles. The minimum Gasteiger partial charge on any atom is -0.188 e. The summed E-state index contributed by atoms with van der Waals surface area (Å²) < 4.78 is -2.08. The maximum atomic E-state index is 11.4. The highest BCUT2D eigenvalue weighted by atomic mass is 35.5. The van der Waals surface area contributed by atoms with E-state index in [4.69, 9.17) is 23.2 Å². The molecule has 2 aromatic carbocycles. The third kappa shape index (κ3) is 1.71.